The van der Waals surface area contributed by atoms with Crippen LogP contribution in [0.25, 0.3) is 0 Å². The molecule has 1 unspecified atom stereocenters. The Morgan fingerprint density at radius 2 is 2.67 bits per heavy atom. The molecule has 0 aromatic heterocycles. The van der Waals surface area contributed by atoms with E-state index in [9.17, 15) is 0 Å². The number of rotatable bonds is 2. The summed E-state index contributed by atoms with van der Waals surface area (Å²) in [6, 6.07) is 0. The van der Waals surface area contributed by atoms with Crippen molar-refractivity contribution >= 4 is 0 Å². The molecule has 3 heteroatoms. The van der Waals surface area contributed by atoms with Crippen molar-refractivity contribution in [3.63, 3.8) is 0 Å². The molecule has 1 rings (SSSR count). The molecule has 1 heterocycles. The normalized spacial score (nSPS) is 30.5. The van der Waals surface area contributed by atoms with Crippen LogP contribution in [0.15, 0.2) is 0 Å². The summed E-state index contributed by atoms with van der Waals surface area (Å²) in [6.45, 7) is 0.408. The highest BCUT2D eigenvalue weighted by atomic mass is 16.8. The first-order valence-electron chi connectivity index (χ1n) is 1.77. The molecule has 1 fully saturated rings. The van der Waals surface area contributed by atoms with Gasteiger partial charge in [0.2, 0.25) is 0 Å². The first kappa shape index (κ1) is 4.05. The highest BCUT2D eigenvalue weighted by Gasteiger charge is 2.21. The van der Waals surface area contributed by atoms with Gasteiger partial charge in [0, 0.05) is 0 Å². The van der Waals surface area contributed by atoms with Crippen molar-refractivity contribution in [1.29, 1.82) is 0 Å². The van der Waals surface area contributed by atoms with Gasteiger partial charge in [0.05, 0.1) is 0 Å². The molecule has 0 aromatic rings. The quantitative estimate of drug-likeness (QED) is 0.360. The summed E-state index contributed by atoms with van der Waals surface area (Å²) >= 11 is 0. The van der Waals surface area contributed by atoms with Gasteiger partial charge in [-0.1, -0.05) is 0 Å². The fraction of sp³-hybridized carbons (Fsp3) is 1.00. The molecule has 0 amide bonds. The molecule has 3 nitrogen and oxygen atoms in total. The minimum absolute atomic E-state index is 0.102. The van der Waals surface area contributed by atoms with E-state index in [1.807, 2.05) is 0 Å². The molecule has 0 spiro atoms. The molecule has 0 bridgehead atoms. The lowest BCUT2D eigenvalue weighted by molar-refractivity contribution is -0.0474. The zero-order chi connectivity index (χ0) is 4.41. The fourth-order valence-corrected chi connectivity index (χ4v) is 0.219. The standard InChI is InChI=1S/C3H6O3/c4-2-6-3-1-5-3/h3-4H,1-2H2. The van der Waals surface area contributed by atoms with Gasteiger partial charge in [0.15, 0.2) is 6.29 Å². The number of aliphatic hydroxyl groups is 1. The van der Waals surface area contributed by atoms with Crippen molar-refractivity contribution in [2.75, 3.05) is 13.4 Å². The van der Waals surface area contributed by atoms with Gasteiger partial charge in [-0.15, -0.1) is 0 Å². The van der Waals surface area contributed by atoms with E-state index in [4.69, 9.17) is 5.11 Å². The van der Waals surface area contributed by atoms with E-state index in [0.717, 1.165) is 0 Å². The molecule has 1 atom stereocenters. The number of epoxide rings is 1. The molecule has 1 saturated heterocycles. The van der Waals surface area contributed by atoms with E-state index < -0.39 is 0 Å². The van der Waals surface area contributed by atoms with Gasteiger partial charge in [0.25, 0.3) is 0 Å². The third-order valence-corrected chi connectivity index (χ3v) is 0.563. The largest absolute Gasteiger partial charge is 0.371 e. The van der Waals surface area contributed by atoms with Gasteiger partial charge >= 0.3 is 0 Å². The summed E-state index contributed by atoms with van der Waals surface area (Å²) in [5, 5.41) is 7.97. The Morgan fingerprint density at radius 3 is 2.83 bits per heavy atom. The molecule has 0 radical (unpaired) electrons. The molecule has 0 aliphatic carbocycles. The van der Waals surface area contributed by atoms with E-state index in [2.05, 4.69) is 9.47 Å². The van der Waals surface area contributed by atoms with Crippen LogP contribution in [0.5, 0.6) is 0 Å². The number of aliphatic hydroxyl groups excluding tert-OH is 1. The predicted octanol–water partition coefficient (Wildman–Crippen LogP) is -0.691. The second-order valence-electron chi connectivity index (χ2n) is 1.06. The van der Waals surface area contributed by atoms with Crippen LogP contribution >= 0.6 is 0 Å². The van der Waals surface area contributed by atoms with E-state index in [1.165, 1.54) is 0 Å². The van der Waals surface area contributed by atoms with Crippen LogP contribution in [0.1, 0.15) is 0 Å². The number of hydrogen-bond acceptors (Lipinski definition) is 3. The first-order chi connectivity index (χ1) is 2.93. The van der Waals surface area contributed by atoms with Crippen LogP contribution in [0.4, 0.5) is 0 Å². The smallest absolute Gasteiger partial charge is 0.183 e. The zero-order valence-corrected chi connectivity index (χ0v) is 3.26. The van der Waals surface area contributed by atoms with Gasteiger partial charge < -0.3 is 14.6 Å². The van der Waals surface area contributed by atoms with Crippen LogP contribution < -0.4 is 0 Å². The van der Waals surface area contributed by atoms with Crippen molar-refractivity contribution in [3.8, 4) is 0 Å². The highest BCUT2D eigenvalue weighted by Crippen LogP contribution is 2.08. The predicted molar refractivity (Wildman–Crippen MR) is 17.9 cm³/mol. The second kappa shape index (κ2) is 1.55. The van der Waals surface area contributed by atoms with Crippen molar-refractivity contribution in [2.24, 2.45) is 0 Å². The average Bonchev–Trinajstić information content (AvgIpc) is 2.21. The number of hydrogen-bond donors (Lipinski definition) is 1. The molecule has 0 aromatic carbocycles. The lowest BCUT2D eigenvalue weighted by Gasteiger charge is -1.85. The maximum atomic E-state index is 7.97. The summed E-state index contributed by atoms with van der Waals surface area (Å²) in [6.07, 6.45) is -0.102. The van der Waals surface area contributed by atoms with Crippen LogP contribution in [0.3, 0.4) is 0 Å². The molecular formula is C3H6O3. The molecule has 36 valence electrons. The van der Waals surface area contributed by atoms with Gasteiger partial charge in [0.1, 0.15) is 13.4 Å². The summed E-state index contributed by atoms with van der Waals surface area (Å²) in [7, 11) is 0. The molecular weight excluding hydrogens is 84.0 g/mol. The second-order valence-corrected chi connectivity index (χ2v) is 1.06. The Bertz CT molecular complexity index is 41.3. The van der Waals surface area contributed by atoms with E-state index in [1.54, 1.807) is 0 Å². The van der Waals surface area contributed by atoms with Crippen molar-refractivity contribution < 1.29 is 14.6 Å². The monoisotopic (exact) mass is 90.0 g/mol. The maximum absolute atomic E-state index is 7.97. The third-order valence-electron chi connectivity index (χ3n) is 0.563. The number of ether oxygens (including phenoxy) is 2. The average molecular weight is 90.1 g/mol. The Hall–Kier alpha value is -0.120. The van der Waals surface area contributed by atoms with Crippen LogP contribution in [-0.4, -0.2) is 24.8 Å². The third kappa shape index (κ3) is 0.931. The summed E-state index contributed by atoms with van der Waals surface area (Å²) in [5.74, 6) is 0. The van der Waals surface area contributed by atoms with Gasteiger partial charge in [-0.05, 0) is 0 Å². The summed E-state index contributed by atoms with van der Waals surface area (Å²) < 4.78 is 9.05. The van der Waals surface area contributed by atoms with E-state index in [-0.39, 0.29) is 13.1 Å². The van der Waals surface area contributed by atoms with Crippen molar-refractivity contribution in [2.45, 2.75) is 6.29 Å². The SMILES string of the molecule is OCOC1CO1. The van der Waals surface area contributed by atoms with Crippen LogP contribution in [0, 0.1) is 0 Å². The van der Waals surface area contributed by atoms with Crippen LogP contribution in [-0.2, 0) is 9.47 Å². The Labute approximate surface area is 35.5 Å². The lowest BCUT2D eigenvalue weighted by atomic mass is 10.9. The maximum Gasteiger partial charge on any atom is 0.183 e. The molecule has 0 saturated carbocycles. The summed E-state index contributed by atoms with van der Waals surface area (Å²) in [4.78, 5) is 0. The molecule has 1 aliphatic heterocycles. The van der Waals surface area contributed by atoms with Gasteiger partial charge in [-0.25, -0.2) is 0 Å². The molecule has 1 N–H and O–H groups in total. The Balaban J connectivity index is 1.88. The Kier molecular flexibility index (Phi) is 1.05. The first-order valence-corrected chi connectivity index (χ1v) is 1.77. The fourth-order valence-electron chi connectivity index (χ4n) is 0.219. The lowest BCUT2D eigenvalue weighted by Crippen LogP contribution is -1.94. The zero-order valence-electron chi connectivity index (χ0n) is 3.26. The van der Waals surface area contributed by atoms with Crippen molar-refractivity contribution in [3.05, 3.63) is 0 Å². The van der Waals surface area contributed by atoms with Gasteiger partial charge in [-0.2, -0.15) is 0 Å². The topological polar surface area (TPSA) is 42.0 Å². The Morgan fingerprint density at radius 1 is 2.00 bits per heavy atom. The van der Waals surface area contributed by atoms with Gasteiger partial charge in [-0.3, -0.25) is 0 Å². The molecule has 6 heavy (non-hydrogen) atoms. The van der Waals surface area contributed by atoms with E-state index in [0.29, 0.717) is 6.61 Å². The highest BCUT2D eigenvalue weighted by molar-refractivity contribution is 4.52. The van der Waals surface area contributed by atoms with Crippen LogP contribution in [0.2, 0.25) is 0 Å². The van der Waals surface area contributed by atoms with Crippen molar-refractivity contribution in [1.82, 2.24) is 0 Å². The minimum Gasteiger partial charge on any atom is -0.371 e. The summed E-state index contributed by atoms with van der Waals surface area (Å²) in [5.41, 5.74) is 0. The van der Waals surface area contributed by atoms with E-state index >= 15 is 0 Å². The molecule has 1 aliphatic rings. The minimum atomic E-state index is -0.231.